The van der Waals surface area contributed by atoms with Crippen LogP contribution in [-0.4, -0.2) is 23.0 Å². The smallest absolute Gasteiger partial charge is 0.376 e. The molecule has 0 bridgehead atoms. The zero-order valence-corrected chi connectivity index (χ0v) is 8.65. The number of halogens is 1. The molecule has 0 fully saturated rings. The van der Waals surface area contributed by atoms with Crippen molar-refractivity contribution in [3.05, 3.63) is 35.2 Å². The quantitative estimate of drug-likeness (QED) is 0.548. The number of methoxy groups -OCH3 is 1. The van der Waals surface area contributed by atoms with Gasteiger partial charge in [0, 0.05) is 5.39 Å². The van der Waals surface area contributed by atoms with Crippen LogP contribution in [0.1, 0.15) is 10.6 Å². The molecule has 0 saturated heterocycles. The average molecular weight is 223 g/mol. The average Bonchev–Trinajstić information content (AvgIpc) is 2.28. The Morgan fingerprint density at radius 1 is 1.33 bits per heavy atom. The number of ether oxygens (including phenoxy) is 1. The highest BCUT2D eigenvalue weighted by Crippen LogP contribution is 2.19. The van der Waals surface area contributed by atoms with Crippen LogP contribution in [-0.2, 0) is 4.74 Å². The van der Waals surface area contributed by atoms with E-state index in [0.717, 1.165) is 0 Å². The van der Waals surface area contributed by atoms with Gasteiger partial charge in [-0.25, -0.2) is 14.8 Å². The zero-order valence-electron chi connectivity index (χ0n) is 7.90. The minimum Gasteiger partial charge on any atom is -0.463 e. The van der Waals surface area contributed by atoms with Crippen LogP contribution < -0.4 is 0 Å². The monoisotopic (exact) mass is 222 g/mol. The molecule has 0 amide bonds. The molecule has 0 unspecified atom stereocenters. The van der Waals surface area contributed by atoms with Gasteiger partial charge in [-0.3, -0.25) is 0 Å². The van der Waals surface area contributed by atoms with Crippen molar-refractivity contribution in [3.8, 4) is 0 Å². The number of esters is 1. The van der Waals surface area contributed by atoms with Crippen LogP contribution in [0.3, 0.4) is 0 Å². The summed E-state index contributed by atoms with van der Waals surface area (Å²) in [6.07, 6.45) is 0. The van der Waals surface area contributed by atoms with E-state index in [2.05, 4.69) is 14.7 Å². The van der Waals surface area contributed by atoms with Crippen LogP contribution in [0.2, 0.25) is 5.15 Å². The van der Waals surface area contributed by atoms with Gasteiger partial charge < -0.3 is 4.74 Å². The molecule has 0 radical (unpaired) electrons. The summed E-state index contributed by atoms with van der Waals surface area (Å²) in [4.78, 5) is 19.1. The van der Waals surface area contributed by atoms with Gasteiger partial charge in [0.1, 0.15) is 5.15 Å². The molecule has 1 heterocycles. The maximum atomic E-state index is 11.2. The molecule has 1 aromatic carbocycles. The second kappa shape index (κ2) is 3.82. The Bertz CT molecular complexity index is 528. The van der Waals surface area contributed by atoms with Crippen molar-refractivity contribution in [2.45, 2.75) is 0 Å². The molecule has 4 nitrogen and oxygen atoms in total. The van der Waals surface area contributed by atoms with Gasteiger partial charge in [0.2, 0.25) is 5.82 Å². The van der Waals surface area contributed by atoms with Crippen LogP contribution in [0.15, 0.2) is 24.3 Å². The Labute approximate surface area is 90.9 Å². The summed E-state index contributed by atoms with van der Waals surface area (Å²) in [5, 5.41) is 0.966. The van der Waals surface area contributed by atoms with Crippen molar-refractivity contribution in [1.29, 1.82) is 0 Å². The number of rotatable bonds is 1. The van der Waals surface area contributed by atoms with Gasteiger partial charge in [-0.1, -0.05) is 23.7 Å². The van der Waals surface area contributed by atoms with E-state index in [9.17, 15) is 4.79 Å². The molecule has 5 heteroatoms. The fraction of sp³-hybridized carbons (Fsp3) is 0.100. The Hall–Kier alpha value is -1.68. The molecule has 0 aliphatic carbocycles. The molecule has 0 aliphatic heterocycles. The van der Waals surface area contributed by atoms with Gasteiger partial charge in [-0.15, -0.1) is 0 Å². The van der Waals surface area contributed by atoms with E-state index in [0.29, 0.717) is 10.9 Å². The molecule has 1 aromatic heterocycles. The highest BCUT2D eigenvalue weighted by molar-refractivity contribution is 6.34. The van der Waals surface area contributed by atoms with Crippen LogP contribution in [0.25, 0.3) is 10.9 Å². The number of aromatic nitrogens is 2. The first-order chi connectivity index (χ1) is 7.22. The van der Waals surface area contributed by atoms with Crippen molar-refractivity contribution in [2.24, 2.45) is 0 Å². The van der Waals surface area contributed by atoms with E-state index in [-0.39, 0.29) is 11.0 Å². The molecule has 2 aromatic rings. The highest BCUT2D eigenvalue weighted by atomic mass is 35.5. The van der Waals surface area contributed by atoms with E-state index in [4.69, 9.17) is 11.6 Å². The first kappa shape index (κ1) is 9.86. The van der Waals surface area contributed by atoms with Crippen molar-refractivity contribution < 1.29 is 9.53 Å². The topological polar surface area (TPSA) is 52.1 Å². The van der Waals surface area contributed by atoms with E-state index in [1.54, 1.807) is 12.1 Å². The van der Waals surface area contributed by atoms with Gasteiger partial charge in [-0.05, 0) is 12.1 Å². The standard InChI is InChI=1S/C10H7ClN2O2/c1-15-10(14)9-12-7-5-3-2-4-6(7)8(11)13-9/h2-5H,1H3. The van der Waals surface area contributed by atoms with Gasteiger partial charge >= 0.3 is 5.97 Å². The van der Waals surface area contributed by atoms with Crippen molar-refractivity contribution >= 4 is 28.5 Å². The largest absolute Gasteiger partial charge is 0.463 e. The number of benzene rings is 1. The highest BCUT2D eigenvalue weighted by Gasteiger charge is 2.12. The number of carbonyl (C=O) groups excluding carboxylic acids is 1. The Kier molecular flexibility index (Phi) is 2.51. The fourth-order valence-electron chi connectivity index (χ4n) is 1.22. The van der Waals surface area contributed by atoms with Crippen molar-refractivity contribution in [2.75, 3.05) is 7.11 Å². The Morgan fingerprint density at radius 3 is 2.80 bits per heavy atom. The lowest BCUT2D eigenvalue weighted by Gasteiger charge is -2.01. The lowest BCUT2D eigenvalue weighted by molar-refractivity contribution is 0.0587. The predicted octanol–water partition coefficient (Wildman–Crippen LogP) is 2.07. The normalized spacial score (nSPS) is 10.3. The minimum atomic E-state index is -0.595. The van der Waals surface area contributed by atoms with Gasteiger partial charge in [0.15, 0.2) is 0 Å². The first-order valence-corrected chi connectivity index (χ1v) is 4.61. The first-order valence-electron chi connectivity index (χ1n) is 4.23. The minimum absolute atomic E-state index is 0.0267. The van der Waals surface area contributed by atoms with Crippen LogP contribution >= 0.6 is 11.6 Å². The number of hydrogen-bond acceptors (Lipinski definition) is 4. The SMILES string of the molecule is COC(=O)c1nc(Cl)c2ccccc2n1. The summed E-state index contributed by atoms with van der Waals surface area (Å²) in [6.45, 7) is 0. The number of hydrogen-bond donors (Lipinski definition) is 0. The molecule has 2 rings (SSSR count). The Balaban J connectivity index is 2.67. The second-order valence-corrected chi connectivity index (χ2v) is 3.20. The molecule has 0 aliphatic rings. The fourth-order valence-corrected chi connectivity index (χ4v) is 1.46. The molecule has 15 heavy (non-hydrogen) atoms. The van der Waals surface area contributed by atoms with Crippen molar-refractivity contribution in [3.63, 3.8) is 0 Å². The second-order valence-electron chi connectivity index (χ2n) is 2.85. The molecular weight excluding hydrogens is 216 g/mol. The lowest BCUT2D eigenvalue weighted by Crippen LogP contribution is -2.07. The molecule has 76 valence electrons. The Morgan fingerprint density at radius 2 is 2.07 bits per heavy atom. The summed E-state index contributed by atoms with van der Waals surface area (Å²) in [7, 11) is 1.27. The molecular formula is C10H7ClN2O2. The maximum Gasteiger partial charge on any atom is 0.376 e. The molecule has 0 saturated carbocycles. The third-order valence-corrected chi connectivity index (χ3v) is 2.21. The third kappa shape index (κ3) is 1.76. The van der Waals surface area contributed by atoms with Gasteiger partial charge in [0.25, 0.3) is 0 Å². The number of nitrogens with zero attached hydrogens (tertiary/aromatic N) is 2. The van der Waals surface area contributed by atoms with E-state index >= 15 is 0 Å². The molecule has 0 atom stereocenters. The van der Waals surface area contributed by atoms with Crippen LogP contribution in [0.5, 0.6) is 0 Å². The van der Waals surface area contributed by atoms with E-state index in [1.807, 2.05) is 12.1 Å². The number of fused-ring (bicyclic) bond motifs is 1. The molecule has 0 spiro atoms. The van der Waals surface area contributed by atoms with E-state index in [1.165, 1.54) is 7.11 Å². The van der Waals surface area contributed by atoms with Crippen LogP contribution in [0, 0.1) is 0 Å². The lowest BCUT2D eigenvalue weighted by atomic mass is 10.2. The maximum absolute atomic E-state index is 11.2. The summed E-state index contributed by atoms with van der Waals surface area (Å²) < 4.78 is 4.52. The van der Waals surface area contributed by atoms with Gasteiger partial charge in [0.05, 0.1) is 12.6 Å². The third-order valence-electron chi connectivity index (χ3n) is 1.92. The predicted molar refractivity (Wildman–Crippen MR) is 55.9 cm³/mol. The number of para-hydroxylation sites is 1. The van der Waals surface area contributed by atoms with Crippen molar-refractivity contribution in [1.82, 2.24) is 9.97 Å². The summed E-state index contributed by atoms with van der Waals surface area (Å²) in [6, 6.07) is 7.19. The zero-order chi connectivity index (χ0) is 10.8. The molecule has 0 N–H and O–H groups in total. The van der Waals surface area contributed by atoms with E-state index < -0.39 is 5.97 Å². The number of carbonyl (C=O) groups is 1. The van der Waals surface area contributed by atoms with Crippen LogP contribution in [0.4, 0.5) is 0 Å². The summed E-state index contributed by atoms with van der Waals surface area (Å²) in [5.74, 6) is -0.621. The summed E-state index contributed by atoms with van der Waals surface area (Å²) >= 11 is 5.90. The van der Waals surface area contributed by atoms with Gasteiger partial charge in [-0.2, -0.15) is 0 Å². The summed E-state index contributed by atoms with van der Waals surface area (Å²) in [5.41, 5.74) is 0.623.